The monoisotopic (exact) mass is 379 g/mol. The summed E-state index contributed by atoms with van der Waals surface area (Å²) in [6.07, 6.45) is -4.85. The van der Waals surface area contributed by atoms with Gasteiger partial charge in [0.15, 0.2) is 0 Å². The zero-order valence-electron chi connectivity index (χ0n) is 12.7. The van der Waals surface area contributed by atoms with Crippen molar-refractivity contribution in [2.24, 2.45) is 0 Å². The smallest absolute Gasteiger partial charge is 0.386 e. The summed E-state index contributed by atoms with van der Waals surface area (Å²) in [6, 6.07) is 6.28. The minimum atomic E-state index is -4.57. The topological polar surface area (TPSA) is 55.3 Å². The van der Waals surface area contributed by atoms with Gasteiger partial charge in [-0.15, -0.1) is 10.2 Å². The van der Waals surface area contributed by atoms with Gasteiger partial charge in [0.05, 0.1) is 6.42 Å². The molecule has 0 aliphatic rings. The number of hydrogen-bond donors (Lipinski definition) is 0. The molecule has 1 aromatic carbocycles. The summed E-state index contributed by atoms with van der Waals surface area (Å²) in [4.78, 5) is 14.0. The van der Waals surface area contributed by atoms with Gasteiger partial charge in [0.2, 0.25) is 10.9 Å². The number of amides is 1. The molecule has 0 N–H and O–H groups in total. The van der Waals surface area contributed by atoms with E-state index in [4.69, 9.17) is 11.9 Å². The maximum atomic E-state index is 12.6. The van der Waals surface area contributed by atoms with Crippen molar-refractivity contribution >= 4 is 34.8 Å². The lowest BCUT2D eigenvalue weighted by Crippen LogP contribution is -2.38. The molecular formula is C14H13ClF3N3O2S. The molecule has 1 amide bonds. The van der Waals surface area contributed by atoms with Gasteiger partial charge in [-0.25, -0.2) is 0 Å². The van der Waals surface area contributed by atoms with Crippen molar-refractivity contribution < 1.29 is 22.3 Å². The van der Waals surface area contributed by atoms with Crippen LogP contribution in [0.2, 0.25) is 0 Å². The maximum absolute atomic E-state index is 12.6. The predicted molar refractivity (Wildman–Crippen MR) is 84.2 cm³/mol. The van der Waals surface area contributed by atoms with Gasteiger partial charge < -0.3 is 9.19 Å². The Labute approximate surface area is 145 Å². The largest absolute Gasteiger partial charge is 0.445 e. The van der Waals surface area contributed by atoms with Gasteiger partial charge in [-0.05, 0) is 26.0 Å². The summed E-state index contributed by atoms with van der Waals surface area (Å²) in [6.45, 7) is 3.57. The van der Waals surface area contributed by atoms with Gasteiger partial charge in [-0.2, -0.15) is 13.2 Å². The molecule has 0 aliphatic carbocycles. The first-order valence-electron chi connectivity index (χ1n) is 6.82. The Morgan fingerprint density at radius 3 is 2.62 bits per heavy atom. The molecule has 0 saturated heterocycles. The molecule has 0 unspecified atom stereocenters. The molecule has 0 fully saturated rings. The maximum Gasteiger partial charge on any atom is 0.445 e. The van der Waals surface area contributed by atoms with Crippen LogP contribution < -0.4 is 9.19 Å². The van der Waals surface area contributed by atoms with Crippen LogP contribution in [0.15, 0.2) is 24.3 Å². The summed E-state index contributed by atoms with van der Waals surface area (Å²) in [5.41, 5.74) is 0.522. The van der Waals surface area contributed by atoms with E-state index in [1.165, 1.54) is 4.90 Å². The highest BCUT2D eigenvalue weighted by Crippen LogP contribution is 2.32. The molecule has 1 heterocycles. The van der Waals surface area contributed by atoms with Crippen LogP contribution in [0.5, 0.6) is 5.75 Å². The zero-order chi connectivity index (χ0) is 17.9. The van der Waals surface area contributed by atoms with Crippen molar-refractivity contribution in [3.8, 4) is 5.75 Å². The minimum absolute atomic E-state index is 0.00252. The highest BCUT2D eigenvalue weighted by Gasteiger charge is 2.36. The van der Waals surface area contributed by atoms with E-state index in [0.717, 1.165) is 0 Å². The minimum Gasteiger partial charge on any atom is -0.386 e. The number of anilines is 1. The number of alkyl halides is 3. The number of hydrogen-bond acceptors (Lipinski definition) is 5. The fraction of sp³-hybridized carbons (Fsp3) is 0.357. The molecule has 0 saturated carbocycles. The van der Waals surface area contributed by atoms with Crippen LogP contribution >= 0.6 is 23.2 Å². The second-order valence-electron chi connectivity index (χ2n) is 5.11. The molecule has 0 aliphatic heterocycles. The highest BCUT2D eigenvalue weighted by atomic mass is 35.5. The lowest BCUT2D eigenvalue weighted by Gasteiger charge is -2.26. The number of nitrogens with zero attached hydrogens (tertiary/aromatic N) is 3. The third-order valence-corrected chi connectivity index (χ3v) is 4.13. The van der Waals surface area contributed by atoms with Crippen LogP contribution in [0.4, 0.5) is 18.9 Å². The highest BCUT2D eigenvalue weighted by molar-refractivity contribution is 7.11. The second-order valence-corrected chi connectivity index (χ2v) is 6.32. The normalized spacial score (nSPS) is 11.6. The van der Waals surface area contributed by atoms with E-state index < -0.39 is 17.1 Å². The number of halogens is 4. The summed E-state index contributed by atoms with van der Waals surface area (Å²) >= 11 is 5.67. The fourth-order valence-corrected chi connectivity index (χ4v) is 2.86. The number of carbonyl (C=O) groups excluding carboxylic acids is 1. The molecular weight excluding hydrogens is 367 g/mol. The van der Waals surface area contributed by atoms with Crippen LogP contribution in [0, 0.1) is 0 Å². The number of benzene rings is 1. The van der Waals surface area contributed by atoms with Crippen molar-refractivity contribution in [2.75, 3.05) is 4.90 Å². The Kier molecular flexibility index (Phi) is 5.66. The van der Waals surface area contributed by atoms with Crippen molar-refractivity contribution in [3.05, 3.63) is 34.3 Å². The Morgan fingerprint density at radius 1 is 1.38 bits per heavy atom. The average molecular weight is 380 g/mol. The van der Waals surface area contributed by atoms with Gasteiger partial charge in [0, 0.05) is 17.8 Å². The second kappa shape index (κ2) is 7.35. The lowest BCUT2D eigenvalue weighted by atomic mass is 10.2. The summed E-state index contributed by atoms with van der Waals surface area (Å²) in [7, 11) is 0. The third-order valence-electron chi connectivity index (χ3n) is 2.98. The van der Waals surface area contributed by atoms with E-state index >= 15 is 0 Å². The van der Waals surface area contributed by atoms with E-state index in [1.807, 2.05) is 0 Å². The van der Waals surface area contributed by atoms with Gasteiger partial charge in [0.25, 0.3) is 0 Å². The van der Waals surface area contributed by atoms with Crippen molar-refractivity contribution in [2.45, 2.75) is 32.5 Å². The summed E-state index contributed by atoms with van der Waals surface area (Å²) in [5.74, 6) is -0.0514. The molecule has 0 radical (unpaired) electrons. The van der Waals surface area contributed by atoms with Gasteiger partial charge in [-0.1, -0.05) is 17.4 Å². The molecule has 0 bridgehead atoms. The molecule has 24 heavy (non-hydrogen) atoms. The Balaban J connectivity index is 2.22. The first-order chi connectivity index (χ1) is 11.2. The third kappa shape index (κ3) is 4.35. The zero-order valence-corrected chi connectivity index (χ0v) is 14.2. The fourth-order valence-electron chi connectivity index (χ4n) is 2.07. The SMILES string of the molecule is CC(C)N(C(=O)Cc1nnc(C(F)(F)F)s1)c1cccc(OCl)c1. The van der Waals surface area contributed by atoms with Crippen molar-refractivity contribution in [1.82, 2.24) is 10.2 Å². The summed E-state index contributed by atoms with van der Waals surface area (Å²) < 4.78 is 42.3. The van der Waals surface area contributed by atoms with Crippen LogP contribution in [0.1, 0.15) is 23.9 Å². The van der Waals surface area contributed by atoms with Crippen LogP contribution in [0.25, 0.3) is 0 Å². The predicted octanol–water partition coefficient (Wildman–Crippen LogP) is 4.07. The van der Waals surface area contributed by atoms with E-state index in [0.29, 0.717) is 22.8 Å². The molecule has 0 spiro atoms. The Morgan fingerprint density at radius 2 is 2.08 bits per heavy atom. The molecule has 2 rings (SSSR count). The van der Waals surface area contributed by atoms with E-state index in [1.54, 1.807) is 38.1 Å². The molecule has 1 aromatic heterocycles. The van der Waals surface area contributed by atoms with Crippen molar-refractivity contribution in [1.29, 1.82) is 0 Å². The number of aromatic nitrogens is 2. The quantitative estimate of drug-likeness (QED) is 0.785. The van der Waals surface area contributed by atoms with E-state index in [9.17, 15) is 18.0 Å². The van der Waals surface area contributed by atoms with E-state index in [2.05, 4.69) is 14.5 Å². The molecule has 0 atom stereocenters. The first kappa shape index (κ1) is 18.5. The Bertz CT molecular complexity index is 721. The van der Waals surface area contributed by atoms with Crippen molar-refractivity contribution in [3.63, 3.8) is 0 Å². The molecule has 10 heteroatoms. The van der Waals surface area contributed by atoms with Crippen LogP contribution in [0.3, 0.4) is 0 Å². The number of rotatable bonds is 5. The first-order valence-corrected chi connectivity index (χ1v) is 7.95. The van der Waals surface area contributed by atoms with Crippen LogP contribution in [-0.4, -0.2) is 22.1 Å². The molecule has 2 aromatic rings. The van der Waals surface area contributed by atoms with Gasteiger partial charge >= 0.3 is 6.18 Å². The standard InChI is InChI=1S/C14H13ClF3N3O2S/c1-8(2)21(9-4-3-5-10(6-9)23-15)12(22)7-11-19-20-13(24-11)14(16,17)18/h3-6,8H,7H2,1-2H3. The average Bonchev–Trinajstić information content (AvgIpc) is 2.96. The molecule has 5 nitrogen and oxygen atoms in total. The van der Waals surface area contributed by atoms with E-state index in [-0.39, 0.29) is 17.5 Å². The van der Waals surface area contributed by atoms with Gasteiger partial charge in [0.1, 0.15) is 22.6 Å². The Hall–Kier alpha value is -1.87. The summed E-state index contributed by atoms with van der Waals surface area (Å²) in [5, 5.41) is 5.46. The number of carbonyl (C=O) groups is 1. The molecule has 130 valence electrons. The van der Waals surface area contributed by atoms with Gasteiger partial charge in [-0.3, -0.25) is 4.79 Å². The lowest BCUT2D eigenvalue weighted by molar-refractivity contribution is -0.138. The van der Waals surface area contributed by atoms with Crippen LogP contribution in [-0.2, 0) is 17.4 Å².